The minimum absolute atomic E-state index is 0. The Bertz CT molecular complexity index is 2330. The summed E-state index contributed by atoms with van der Waals surface area (Å²) in [7, 11) is 0. The molecule has 2 aliphatic rings. The molecule has 0 aromatic heterocycles. The van der Waals surface area contributed by atoms with E-state index in [1.54, 1.807) is 0 Å². The van der Waals surface area contributed by atoms with Crippen molar-refractivity contribution in [1.29, 1.82) is 0 Å². The molecule has 4 aromatic carbocycles. The zero-order valence-corrected chi connectivity index (χ0v) is 42.8. The summed E-state index contributed by atoms with van der Waals surface area (Å²) in [6.45, 7) is 16.1. The van der Waals surface area contributed by atoms with E-state index < -0.39 is 53.1 Å². The molecule has 0 radical (unpaired) electrons. The molecule has 2 saturated carbocycles. The van der Waals surface area contributed by atoms with Crippen LogP contribution < -0.4 is 32.5 Å². The molecule has 0 saturated heterocycles. The number of hydrogen-bond acceptors (Lipinski definition) is 9. The van der Waals surface area contributed by atoms with Crippen LogP contribution in [0.1, 0.15) is 148 Å². The van der Waals surface area contributed by atoms with Gasteiger partial charge < -0.3 is 42.4 Å². The number of hydrogen-bond donors (Lipinski definition) is 9. The van der Waals surface area contributed by atoms with Gasteiger partial charge in [-0.3, -0.25) is 9.59 Å². The Hall–Kier alpha value is -4.74. The molecule has 2 amide bonds. The number of nitrogens with one attached hydrogen (secondary N) is 5. The van der Waals surface area contributed by atoms with Crippen LogP contribution in [0.2, 0.25) is 0 Å². The monoisotopic (exact) mass is 1010 g/mol. The van der Waals surface area contributed by atoms with Gasteiger partial charge in [0.15, 0.2) is 0 Å². The first-order chi connectivity index (χ1) is 33.3. The van der Waals surface area contributed by atoms with E-state index in [9.17, 15) is 42.6 Å². The first-order valence-corrected chi connectivity index (χ1v) is 25.0. The molecule has 0 spiro atoms. The quantitative estimate of drug-likeness (QED) is 0.0369. The number of rotatable bonds is 17. The zero-order valence-electron chi connectivity index (χ0n) is 42.8. The van der Waals surface area contributed by atoms with Crippen molar-refractivity contribution in [3.8, 4) is 0 Å². The molecule has 10 N–H and O–H groups in total. The van der Waals surface area contributed by atoms with E-state index in [1.165, 1.54) is 49.2 Å². The highest BCUT2D eigenvalue weighted by atomic mass is 19.1. The molecule has 0 aliphatic heterocycles. The Morgan fingerprint density at radius 2 is 0.958 bits per heavy atom. The molecule has 15 heteroatoms. The molecular weight excluding hydrogens is 925 g/mol. The van der Waals surface area contributed by atoms with Crippen LogP contribution in [0.3, 0.4) is 0 Å². The molecule has 0 bridgehead atoms. The summed E-state index contributed by atoms with van der Waals surface area (Å²) in [4.78, 5) is 23.7. The minimum Gasteiger partial charge on any atom is -0.390 e. The molecular formula is C57H82F4N6O5. The lowest BCUT2D eigenvalue weighted by molar-refractivity contribution is -0.121. The van der Waals surface area contributed by atoms with Gasteiger partial charge in [-0.15, -0.1) is 0 Å². The van der Waals surface area contributed by atoms with Crippen LogP contribution >= 0.6 is 0 Å². The van der Waals surface area contributed by atoms with Gasteiger partial charge in [-0.25, -0.2) is 23.0 Å². The van der Waals surface area contributed by atoms with E-state index in [-0.39, 0.29) is 73.6 Å². The molecule has 2 fully saturated rings. The number of aliphatic hydroxyl groups excluding tert-OH is 2. The van der Waals surface area contributed by atoms with Gasteiger partial charge >= 0.3 is 0 Å². The van der Waals surface area contributed by atoms with Crippen LogP contribution in [0.4, 0.5) is 17.6 Å². The standard InChI is InChI=1S/C28H39F2N3O3.C28H39F2N3O2.CH4/c1-18(34)32-25(14-19-12-22(29)16-23(30)13-19)26(35)17-31-28(10-8-24(33-36)9-11-28)21-7-5-6-20(15-21)27(2,3)4;1-18(34)33-25(14-19-12-22(29)16-23(30)13-19)26(35)17-32-28(10-8-24(31)9-11-28)21-7-5-6-20(15-21)27(2,3)4;/h5-7,12-13,15-16,24-26,31,33,35-36H,8-11,14,17H2,1-4H3,(H,32,34);5-7,12-13,15-16,24-26,32,35H,8-11,14,17,31H2,1-4H3,(H,33,34);1H4/t2*24?,25-,26+,28?;/m00./s1. The molecule has 72 heavy (non-hydrogen) atoms. The van der Waals surface area contributed by atoms with Crippen molar-refractivity contribution in [3.63, 3.8) is 0 Å². The van der Waals surface area contributed by atoms with Crippen molar-refractivity contribution in [2.24, 2.45) is 5.73 Å². The zero-order chi connectivity index (χ0) is 52.3. The van der Waals surface area contributed by atoms with Gasteiger partial charge in [-0.05, 0) is 133 Å². The molecule has 398 valence electrons. The van der Waals surface area contributed by atoms with Crippen LogP contribution in [0.5, 0.6) is 0 Å². The lowest BCUT2D eigenvalue weighted by atomic mass is 9.73. The number of benzene rings is 4. The normalized spacial score (nSPS) is 22.0. The number of aliphatic hydroxyl groups is 2. The predicted octanol–water partition coefficient (Wildman–Crippen LogP) is 8.77. The van der Waals surface area contributed by atoms with Crippen LogP contribution in [-0.2, 0) is 44.3 Å². The van der Waals surface area contributed by atoms with Crippen molar-refractivity contribution >= 4 is 11.8 Å². The number of amides is 2. The highest BCUT2D eigenvalue weighted by Gasteiger charge is 2.39. The van der Waals surface area contributed by atoms with E-state index in [0.717, 1.165) is 74.6 Å². The minimum atomic E-state index is -1.00. The number of halogens is 4. The maximum atomic E-state index is 13.7. The fraction of sp³-hybridized carbons (Fsp3) is 0.544. The molecule has 0 heterocycles. The van der Waals surface area contributed by atoms with Crippen molar-refractivity contribution in [2.75, 3.05) is 13.1 Å². The Morgan fingerprint density at radius 3 is 1.28 bits per heavy atom. The second-order valence-electron chi connectivity index (χ2n) is 22.0. The van der Waals surface area contributed by atoms with E-state index in [4.69, 9.17) is 5.73 Å². The largest absolute Gasteiger partial charge is 0.390 e. The summed E-state index contributed by atoms with van der Waals surface area (Å²) in [5.41, 5.74) is 13.2. The average molecular weight is 1010 g/mol. The van der Waals surface area contributed by atoms with Crippen molar-refractivity contribution in [2.45, 2.75) is 185 Å². The third-order valence-corrected chi connectivity index (χ3v) is 14.2. The van der Waals surface area contributed by atoms with Gasteiger partial charge in [-0.1, -0.05) is 97.5 Å². The summed E-state index contributed by atoms with van der Waals surface area (Å²) in [6.07, 6.45) is 4.57. The van der Waals surface area contributed by atoms with E-state index in [0.29, 0.717) is 11.1 Å². The molecule has 4 atom stereocenters. The summed E-state index contributed by atoms with van der Waals surface area (Å²) in [5.74, 6) is -3.44. The Kier molecular flexibility index (Phi) is 21.6. The second kappa shape index (κ2) is 26.0. The summed E-state index contributed by atoms with van der Waals surface area (Å²) < 4.78 is 54.9. The smallest absolute Gasteiger partial charge is 0.217 e. The number of hydroxylamine groups is 1. The fourth-order valence-electron chi connectivity index (χ4n) is 10.0. The lowest BCUT2D eigenvalue weighted by Gasteiger charge is -2.42. The van der Waals surface area contributed by atoms with Gasteiger partial charge in [-0.2, -0.15) is 0 Å². The van der Waals surface area contributed by atoms with Gasteiger partial charge in [0, 0.05) is 62.2 Å². The third kappa shape index (κ3) is 17.2. The second-order valence-corrected chi connectivity index (χ2v) is 22.0. The van der Waals surface area contributed by atoms with Crippen LogP contribution in [-0.4, -0.2) is 76.7 Å². The predicted molar refractivity (Wildman–Crippen MR) is 277 cm³/mol. The number of nitrogens with two attached hydrogens (primary N) is 1. The summed E-state index contributed by atoms with van der Waals surface area (Å²) in [6, 6.07) is 22.2. The molecule has 2 aliphatic carbocycles. The molecule has 11 nitrogen and oxygen atoms in total. The van der Waals surface area contributed by atoms with E-state index >= 15 is 0 Å². The van der Waals surface area contributed by atoms with Crippen molar-refractivity contribution in [1.82, 2.24) is 26.7 Å². The lowest BCUT2D eigenvalue weighted by Crippen LogP contribution is -2.54. The number of carbonyl (C=O) groups excluding carboxylic acids is 2. The van der Waals surface area contributed by atoms with Crippen molar-refractivity contribution in [3.05, 3.63) is 142 Å². The van der Waals surface area contributed by atoms with Crippen LogP contribution in [0, 0.1) is 23.3 Å². The van der Waals surface area contributed by atoms with Gasteiger partial charge in [0.25, 0.3) is 0 Å². The average Bonchev–Trinajstić information content (AvgIpc) is 3.29. The maximum Gasteiger partial charge on any atom is 0.217 e. The Morgan fingerprint density at radius 1 is 0.611 bits per heavy atom. The van der Waals surface area contributed by atoms with Gasteiger partial charge in [0.05, 0.1) is 24.3 Å². The van der Waals surface area contributed by atoms with E-state index in [1.807, 2.05) is 6.07 Å². The van der Waals surface area contributed by atoms with Crippen molar-refractivity contribution < 1.29 is 42.6 Å². The Balaban J connectivity index is 0.000000308. The first kappa shape index (κ1) is 59.8. The van der Waals surface area contributed by atoms with Crippen LogP contribution in [0.25, 0.3) is 0 Å². The Labute approximate surface area is 425 Å². The first-order valence-electron chi connectivity index (χ1n) is 25.0. The number of carbonyl (C=O) groups is 2. The van der Waals surface area contributed by atoms with E-state index in [2.05, 4.69) is 111 Å². The fourth-order valence-corrected chi connectivity index (χ4v) is 10.0. The third-order valence-electron chi connectivity index (χ3n) is 14.2. The SMILES string of the molecule is C.CC(=O)N[C@@H](Cc1cc(F)cc(F)c1)[C@H](O)CNC1(c2cccc(C(C)(C)C)c2)CCC(N)CC1.CC(=O)N[C@@H](Cc1cc(F)cc(F)c1)[C@H](O)CNC1(c2cccc(C(C)(C)C)c2)CCC(NO)CC1. The van der Waals surface area contributed by atoms with Crippen LogP contribution in [0.15, 0.2) is 84.9 Å². The summed E-state index contributed by atoms with van der Waals surface area (Å²) >= 11 is 0. The highest BCUT2D eigenvalue weighted by Crippen LogP contribution is 2.40. The molecule has 6 rings (SSSR count). The summed E-state index contributed by atoms with van der Waals surface area (Å²) in [5, 5.41) is 44.3. The van der Waals surface area contributed by atoms with Gasteiger partial charge in [0.2, 0.25) is 11.8 Å². The molecule has 0 unspecified atom stereocenters. The topological polar surface area (TPSA) is 181 Å². The maximum absolute atomic E-state index is 13.7. The molecule has 4 aromatic rings. The highest BCUT2D eigenvalue weighted by molar-refractivity contribution is 5.73. The van der Waals surface area contributed by atoms with Gasteiger partial charge in [0.1, 0.15) is 23.3 Å².